The zero-order valence-corrected chi connectivity index (χ0v) is 16.5. The molecule has 0 saturated carbocycles. The maximum absolute atomic E-state index is 12.6. The summed E-state index contributed by atoms with van der Waals surface area (Å²) in [6.45, 7) is 3.24. The van der Waals surface area contributed by atoms with Gasteiger partial charge in [-0.25, -0.2) is 19.9 Å². The van der Waals surface area contributed by atoms with Gasteiger partial charge in [-0.05, 0) is 32.0 Å². The number of hydrogen-bond donors (Lipinski definition) is 2. The van der Waals surface area contributed by atoms with E-state index in [1.165, 1.54) is 12.4 Å². The lowest BCUT2D eigenvalue weighted by Gasteiger charge is -2.17. The number of hydrogen-bond acceptors (Lipinski definition) is 7. The maximum atomic E-state index is 12.6. The number of amides is 1. The van der Waals surface area contributed by atoms with Crippen LogP contribution in [0.2, 0.25) is 5.02 Å². The van der Waals surface area contributed by atoms with E-state index in [2.05, 4.69) is 25.3 Å². The Morgan fingerprint density at radius 1 is 1.17 bits per heavy atom. The van der Waals surface area contributed by atoms with Gasteiger partial charge in [0.2, 0.25) is 5.82 Å². The van der Waals surface area contributed by atoms with Gasteiger partial charge in [-0.15, -0.1) is 0 Å². The van der Waals surface area contributed by atoms with Gasteiger partial charge in [0.1, 0.15) is 11.8 Å². The van der Waals surface area contributed by atoms with Crippen molar-refractivity contribution in [3.63, 3.8) is 0 Å². The topological polar surface area (TPSA) is 125 Å². The van der Waals surface area contributed by atoms with Gasteiger partial charge >= 0.3 is 0 Å². The van der Waals surface area contributed by atoms with Crippen LogP contribution in [-0.4, -0.2) is 43.1 Å². The first-order chi connectivity index (χ1) is 13.7. The summed E-state index contributed by atoms with van der Waals surface area (Å²) in [5.74, 6) is -0.207. The van der Waals surface area contributed by atoms with Crippen molar-refractivity contribution in [3.8, 4) is 28.7 Å². The number of nitrogens with zero attached hydrogens (tertiary/aromatic N) is 5. The van der Waals surface area contributed by atoms with E-state index in [9.17, 15) is 9.90 Å². The van der Waals surface area contributed by atoms with Crippen LogP contribution in [0.5, 0.6) is 0 Å². The molecule has 0 saturated heterocycles. The third-order valence-electron chi connectivity index (χ3n) is 3.79. The third kappa shape index (κ3) is 5.31. The normalized spacial score (nSPS) is 11.0. The molecule has 2 heterocycles. The second kappa shape index (κ2) is 8.31. The van der Waals surface area contributed by atoms with Gasteiger partial charge in [0, 0.05) is 29.5 Å². The highest BCUT2D eigenvalue weighted by Crippen LogP contribution is 2.23. The standard InChI is InChI=1S/C20H17ClN6O2/c1-20(2,29)11-25-19(28)16-7-15(12-3-5-14(21)6-4-12)26-18(27-16)13-9-23-17(8-22)24-10-13/h3-7,9-10,29H,11H2,1-2H3,(H,25,28). The quantitative estimate of drug-likeness (QED) is 0.664. The molecule has 0 aliphatic carbocycles. The molecule has 1 aromatic carbocycles. The maximum Gasteiger partial charge on any atom is 0.270 e. The number of halogens is 1. The summed E-state index contributed by atoms with van der Waals surface area (Å²) >= 11 is 5.96. The van der Waals surface area contributed by atoms with Crippen LogP contribution in [0.4, 0.5) is 0 Å². The molecule has 0 radical (unpaired) electrons. The Morgan fingerprint density at radius 3 is 2.41 bits per heavy atom. The highest BCUT2D eigenvalue weighted by molar-refractivity contribution is 6.30. The van der Waals surface area contributed by atoms with Crippen molar-refractivity contribution in [2.45, 2.75) is 19.4 Å². The van der Waals surface area contributed by atoms with Crippen LogP contribution < -0.4 is 5.32 Å². The van der Waals surface area contributed by atoms with Gasteiger partial charge in [0.25, 0.3) is 5.91 Å². The van der Waals surface area contributed by atoms with E-state index in [4.69, 9.17) is 16.9 Å². The molecule has 0 aliphatic rings. The number of rotatable bonds is 5. The summed E-state index contributed by atoms with van der Waals surface area (Å²) in [6, 6.07) is 10.4. The summed E-state index contributed by atoms with van der Waals surface area (Å²) in [6.07, 6.45) is 2.84. The molecular weight excluding hydrogens is 392 g/mol. The molecule has 0 bridgehead atoms. The van der Waals surface area contributed by atoms with Crippen molar-refractivity contribution in [2.75, 3.05) is 6.54 Å². The first-order valence-corrected chi connectivity index (χ1v) is 9.01. The van der Waals surface area contributed by atoms with Gasteiger partial charge in [0.05, 0.1) is 16.9 Å². The average molecular weight is 409 g/mol. The van der Waals surface area contributed by atoms with E-state index >= 15 is 0 Å². The molecule has 2 aromatic heterocycles. The number of benzene rings is 1. The zero-order valence-electron chi connectivity index (χ0n) is 15.7. The molecule has 3 aromatic rings. The van der Waals surface area contributed by atoms with Gasteiger partial charge in [0.15, 0.2) is 5.82 Å². The van der Waals surface area contributed by atoms with E-state index in [1.807, 2.05) is 6.07 Å². The predicted octanol–water partition coefficient (Wildman–Crippen LogP) is 2.63. The summed E-state index contributed by atoms with van der Waals surface area (Å²) in [5, 5.41) is 21.9. The zero-order chi connectivity index (χ0) is 21.0. The number of aromatic nitrogens is 4. The minimum absolute atomic E-state index is 0.0192. The molecule has 146 valence electrons. The Kier molecular flexibility index (Phi) is 5.82. The second-order valence-electron chi connectivity index (χ2n) is 6.87. The Labute approximate surface area is 172 Å². The van der Waals surface area contributed by atoms with Crippen molar-refractivity contribution in [3.05, 3.63) is 59.3 Å². The van der Waals surface area contributed by atoms with Gasteiger partial charge in [-0.2, -0.15) is 5.26 Å². The average Bonchev–Trinajstić information content (AvgIpc) is 2.71. The molecule has 3 rings (SSSR count). The molecule has 2 N–H and O–H groups in total. The highest BCUT2D eigenvalue weighted by atomic mass is 35.5. The van der Waals surface area contributed by atoms with Crippen LogP contribution in [0, 0.1) is 11.3 Å². The van der Waals surface area contributed by atoms with Crippen molar-refractivity contribution in [2.24, 2.45) is 0 Å². The third-order valence-corrected chi connectivity index (χ3v) is 4.04. The van der Waals surface area contributed by atoms with Crippen LogP contribution in [0.1, 0.15) is 30.2 Å². The van der Waals surface area contributed by atoms with Gasteiger partial charge in [-0.1, -0.05) is 23.7 Å². The first-order valence-electron chi connectivity index (χ1n) is 8.63. The van der Waals surface area contributed by atoms with E-state index in [0.29, 0.717) is 16.3 Å². The highest BCUT2D eigenvalue weighted by Gasteiger charge is 2.18. The van der Waals surface area contributed by atoms with Crippen LogP contribution in [0.3, 0.4) is 0 Å². The molecule has 29 heavy (non-hydrogen) atoms. The molecule has 9 heteroatoms. The molecule has 0 spiro atoms. The lowest BCUT2D eigenvalue weighted by Crippen LogP contribution is -2.38. The summed E-state index contributed by atoms with van der Waals surface area (Å²) in [5.41, 5.74) is 0.754. The molecule has 0 aliphatic heterocycles. The van der Waals surface area contributed by atoms with Crippen LogP contribution in [0.25, 0.3) is 22.6 Å². The minimum atomic E-state index is -1.06. The molecular formula is C20H17ClN6O2. The van der Waals surface area contributed by atoms with E-state index < -0.39 is 11.5 Å². The summed E-state index contributed by atoms with van der Waals surface area (Å²) in [4.78, 5) is 29.3. The number of nitriles is 1. The molecule has 0 unspecified atom stereocenters. The molecule has 0 atom stereocenters. The largest absolute Gasteiger partial charge is 0.389 e. The lowest BCUT2D eigenvalue weighted by atomic mass is 10.1. The second-order valence-corrected chi connectivity index (χ2v) is 7.31. The fraction of sp³-hybridized carbons (Fsp3) is 0.200. The van der Waals surface area contributed by atoms with Crippen LogP contribution in [0.15, 0.2) is 42.7 Å². The number of carbonyl (C=O) groups is 1. The Bertz CT molecular complexity index is 1070. The Balaban J connectivity index is 2.05. The fourth-order valence-corrected chi connectivity index (χ4v) is 2.48. The first kappa shape index (κ1) is 20.3. The Morgan fingerprint density at radius 2 is 1.83 bits per heavy atom. The predicted molar refractivity (Wildman–Crippen MR) is 107 cm³/mol. The van der Waals surface area contributed by atoms with Gasteiger partial charge < -0.3 is 10.4 Å². The summed E-state index contributed by atoms with van der Waals surface area (Å²) in [7, 11) is 0. The Hall–Kier alpha value is -3.41. The molecule has 1 amide bonds. The number of carbonyl (C=O) groups excluding carboxylic acids is 1. The molecule has 0 fully saturated rings. The van der Waals surface area contributed by atoms with Crippen LogP contribution >= 0.6 is 11.6 Å². The smallest absolute Gasteiger partial charge is 0.270 e. The van der Waals surface area contributed by atoms with Crippen molar-refractivity contribution in [1.29, 1.82) is 5.26 Å². The summed E-state index contributed by atoms with van der Waals surface area (Å²) < 4.78 is 0. The van der Waals surface area contributed by atoms with E-state index in [0.717, 1.165) is 5.56 Å². The van der Waals surface area contributed by atoms with Crippen molar-refractivity contribution < 1.29 is 9.90 Å². The fourth-order valence-electron chi connectivity index (χ4n) is 2.35. The van der Waals surface area contributed by atoms with Crippen molar-refractivity contribution >= 4 is 17.5 Å². The van der Waals surface area contributed by atoms with Gasteiger partial charge in [-0.3, -0.25) is 4.79 Å². The lowest BCUT2D eigenvalue weighted by molar-refractivity contribution is 0.0692. The monoisotopic (exact) mass is 408 g/mol. The number of nitrogens with one attached hydrogen (secondary N) is 1. The van der Waals surface area contributed by atoms with Crippen LogP contribution in [-0.2, 0) is 0 Å². The van der Waals surface area contributed by atoms with Crippen molar-refractivity contribution in [1.82, 2.24) is 25.3 Å². The van der Waals surface area contributed by atoms with E-state index in [1.54, 1.807) is 44.2 Å². The minimum Gasteiger partial charge on any atom is -0.389 e. The molecule has 8 nitrogen and oxygen atoms in total. The SMILES string of the molecule is CC(C)(O)CNC(=O)c1cc(-c2ccc(Cl)cc2)nc(-c2cnc(C#N)nc2)n1. The van der Waals surface area contributed by atoms with E-state index in [-0.39, 0.29) is 23.9 Å². The number of aliphatic hydroxyl groups is 1.